The normalized spacial score (nSPS) is 12.5. The lowest BCUT2D eigenvalue weighted by Gasteiger charge is -2.23. The summed E-state index contributed by atoms with van der Waals surface area (Å²) in [5, 5.41) is 6.74. The molecule has 0 saturated heterocycles. The molecule has 0 aromatic carbocycles. The maximum Gasteiger partial charge on any atom is 0.131 e. The Morgan fingerprint density at radius 1 is 1.11 bits per heavy atom. The van der Waals surface area contributed by atoms with E-state index in [-0.39, 0.29) is 0 Å². The van der Waals surface area contributed by atoms with Crippen molar-refractivity contribution >= 4 is 11.6 Å². The molecule has 1 heterocycles. The highest BCUT2D eigenvalue weighted by molar-refractivity contribution is 5.46. The molecule has 1 aromatic rings. The molecule has 0 saturated carbocycles. The molecule has 102 valence electrons. The van der Waals surface area contributed by atoms with Gasteiger partial charge in [0.1, 0.15) is 18.0 Å². The van der Waals surface area contributed by atoms with Crippen LogP contribution in [0.1, 0.15) is 47.0 Å². The number of nitrogens with zero attached hydrogens (tertiary/aromatic N) is 2. The zero-order valence-electron chi connectivity index (χ0n) is 12.0. The van der Waals surface area contributed by atoms with Crippen LogP contribution in [0.25, 0.3) is 0 Å². The predicted molar refractivity (Wildman–Crippen MR) is 78.0 cm³/mol. The van der Waals surface area contributed by atoms with Gasteiger partial charge in [-0.1, -0.05) is 33.6 Å². The minimum absolute atomic E-state index is 0.439. The van der Waals surface area contributed by atoms with Crippen molar-refractivity contribution < 1.29 is 0 Å². The summed E-state index contributed by atoms with van der Waals surface area (Å²) in [6.45, 7) is 9.78. The van der Waals surface area contributed by atoms with Crippen LogP contribution in [0.4, 0.5) is 11.6 Å². The third kappa shape index (κ3) is 4.51. The minimum atomic E-state index is 0.439. The van der Waals surface area contributed by atoms with Gasteiger partial charge in [-0.15, -0.1) is 0 Å². The van der Waals surface area contributed by atoms with E-state index in [2.05, 4.69) is 48.3 Å². The molecule has 0 amide bonds. The fraction of sp³-hybridized carbons (Fsp3) is 0.714. The molecule has 0 aliphatic heterocycles. The van der Waals surface area contributed by atoms with Crippen LogP contribution in [0.5, 0.6) is 0 Å². The van der Waals surface area contributed by atoms with Crippen LogP contribution in [-0.2, 0) is 0 Å². The number of hydrogen-bond acceptors (Lipinski definition) is 4. The molecule has 0 spiro atoms. The van der Waals surface area contributed by atoms with Crippen molar-refractivity contribution in [2.24, 2.45) is 5.92 Å². The predicted octanol–water partition coefficient (Wildman–Crippen LogP) is 3.54. The molecule has 0 aliphatic carbocycles. The third-order valence-electron chi connectivity index (χ3n) is 3.35. The van der Waals surface area contributed by atoms with Gasteiger partial charge in [-0.25, -0.2) is 9.97 Å². The van der Waals surface area contributed by atoms with Crippen LogP contribution in [0.15, 0.2) is 12.4 Å². The second-order valence-electron chi connectivity index (χ2n) is 4.72. The highest BCUT2D eigenvalue weighted by Gasteiger charge is 2.13. The van der Waals surface area contributed by atoms with Gasteiger partial charge in [-0.2, -0.15) is 0 Å². The van der Waals surface area contributed by atoms with Gasteiger partial charge in [0.2, 0.25) is 0 Å². The average molecular weight is 250 g/mol. The monoisotopic (exact) mass is 250 g/mol. The summed E-state index contributed by atoms with van der Waals surface area (Å²) < 4.78 is 0. The highest BCUT2D eigenvalue weighted by Crippen LogP contribution is 2.17. The molecule has 1 atom stereocenters. The van der Waals surface area contributed by atoms with Gasteiger partial charge >= 0.3 is 0 Å². The van der Waals surface area contributed by atoms with Crippen molar-refractivity contribution in [3.05, 3.63) is 12.4 Å². The lowest BCUT2D eigenvalue weighted by atomic mass is 9.95. The first-order valence-corrected chi connectivity index (χ1v) is 7.03. The first-order chi connectivity index (χ1) is 8.71. The molecular formula is C14H26N4. The number of anilines is 2. The van der Waals surface area contributed by atoms with Gasteiger partial charge in [0.25, 0.3) is 0 Å². The van der Waals surface area contributed by atoms with Crippen LogP contribution in [-0.4, -0.2) is 22.6 Å². The maximum absolute atomic E-state index is 4.28. The van der Waals surface area contributed by atoms with Crippen molar-refractivity contribution in [2.75, 3.05) is 17.2 Å². The zero-order valence-corrected chi connectivity index (χ0v) is 12.0. The van der Waals surface area contributed by atoms with Gasteiger partial charge in [0.05, 0.1) is 0 Å². The molecule has 4 heteroatoms. The Morgan fingerprint density at radius 3 is 2.39 bits per heavy atom. The number of aromatic nitrogens is 2. The standard InChI is InChI=1S/C14H26N4/c1-5-8-15-13-9-14(17-10-16-13)18-11(4)12(6-2)7-3/h9-12H,5-8H2,1-4H3,(H2,15,16,17,18). The van der Waals surface area contributed by atoms with Crippen LogP contribution < -0.4 is 10.6 Å². The van der Waals surface area contributed by atoms with E-state index in [9.17, 15) is 0 Å². The van der Waals surface area contributed by atoms with E-state index in [1.807, 2.05) is 6.07 Å². The van der Waals surface area contributed by atoms with Gasteiger partial charge < -0.3 is 10.6 Å². The quantitative estimate of drug-likeness (QED) is 0.741. The van der Waals surface area contributed by atoms with Crippen molar-refractivity contribution in [3.63, 3.8) is 0 Å². The van der Waals surface area contributed by atoms with Crippen LogP contribution in [0, 0.1) is 5.92 Å². The lowest BCUT2D eigenvalue weighted by Crippen LogP contribution is -2.25. The van der Waals surface area contributed by atoms with Crippen molar-refractivity contribution in [1.82, 2.24) is 9.97 Å². The molecule has 0 fully saturated rings. The summed E-state index contributed by atoms with van der Waals surface area (Å²) in [5.74, 6) is 2.49. The summed E-state index contributed by atoms with van der Waals surface area (Å²) in [6, 6.07) is 2.42. The molecule has 18 heavy (non-hydrogen) atoms. The fourth-order valence-electron chi connectivity index (χ4n) is 2.13. The topological polar surface area (TPSA) is 49.8 Å². The molecule has 1 unspecified atom stereocenters. The van der Waals surface area contributed by atoms with E-state index in [1.165, 1.54) is 12.8 Å². The number of rotatable bonds is 8. The van der Waals surface area contributed by atoms with E-state index in [1.54, 1.807) is 6.33 Å². The fourth-order valence-corrected chi connectivity index (χ4v) is 2.13. The van der Waals surface area contributed by atoms with Gasteiger partial charge in [0, 0.05) is 18.7 Å². The Balaban J connectivity index is 2.60. The van der Waals surface area contributed by atoms with Gasteiger partial charge in [-0.3, -0.25) is 0 Å². The summed E-state index contributed by atoms with van der Waals surface area (Å²) in [6.07, 6.45) is 5.09. The van der Waals surface area contributed by atoms with E-state index < -0.39 is 0 Å². The van der Waals surface area contributed by atoms with Crippen LogP contribution in [0.3, 0.4) is 0 Å². The summed E-state index contributed by atoms with van der Waals surface area (Å²) in [4.78, 5) is 8.48. The van der Waals surface area contributed by atoms with E-state index in [0.29, 0.717) is 12.0 Å². The molecular weight excluding hydrogens is 224 g/mol. The molecule has 4 nitrogen and oxygen atoms in total. The zero-order chi connectivity index (χ0) is 13.4. The van der Waals surface area contributed by atoms with Gasteiger partial charge in [-0.05, 0) is 19.3 Å². The Labute approximate surface area is 111 Å². The van der Waals surface area contributed by atoms with Crippen LogP contribution in [0.2, 0.25) is 0 Å². The molecule has 0 aliphatic rings. The smallest absolute Gasteiger partial charge is 0.131 e. The van der Waals surface area contributed by atoms with Crippen molar-refractivity contribution in [2.45, 2.75) is 53.0 Å². The third-order valence-corrected chi connectivity index (χ3v) is 3.35. The molecule has 2 N–H and O–H groups in total. The van der Waals surface area contributed by atoms with Crippen molar-refractivity contribution in [3.8, 4) is 0 Å². The SMILES string of the molecule is CCCNc1cc(NC(C)C(CC)CC)ncn1. The Morgan fingerprint density at radius 2 is 1.78 bits per heavy atom. The Kier molecular flexibility index (Phi) is 6.47. The lowest BCUT2D eigenvalue weighted by molar-refractivity contribution is 0.437. The van der Waals surface area contributed by atoms with E-state index >= 15 is 0 Å². The number of hydrogen-bond donors (Lipinski definition) is 2. The van der Waals surface area contributed by atoms with Crippen LogP contribution >= 0.6 is 0 Å². The Bertz CT molecular complexity index is 336. The maximum atomic E-state index is 4.28. The van der Waals surface area contributed by atoms with E-state index in [0.717, 1.165) is 24.6 Å². The number of nitrogens with one attached hydrogen (secondary N) is 2. The largest absolute Gasteiger partial charge is 0.370 e. The van der Waals surface area contributed by atoms with E-state index in [4.69, 9.17) is 0 Å². The average Bonchev–Trinajstić information content (AvgIpc) is 2.38. The molecule has 1 aromatic heterocycles. The second kappa shape index (κ2) is 7.90. The molecule has 1 rings (SSSR count). The summed E-state index contributed by atoms with van der Waals surface area (Å²) in [5.41, 5.74) is 0. The molecule has 0 radical (unpaired) electrons. The first kappa shape index (κ1) is 14.7. The minimum Gasteiger partial charge on any atom is -0.370 e. The van der Waals surface area contributed by atoms with Crippen molar-refractivity contribution in [1.29, 1.82) is 0 Å². The van der Waals surface area contributed by atoms with Gasteiger partial charge in [0.15, 0.2) is 0 Å². The second-order valence-corrected chi connectivity index (χ2v) is 4.72. The first-order valence-electron chi connectivity index (χ1n) is 7.03. The molecule has 0 bridgehead atoms. The summed E-state index contributed by atoms with van der Waals surface area (Å²) >= 11 is 0. The summed E-state index contributed by atoms with van der Waals surface area (Å²) in [7, 11) is 0. The highest BCUT2D eigenvalue weighted by atomic mass is 15.1. The Hall–Kier alpha value is -1.32.